The number of nitrogens with one attached hydrogen (secondary N) is 1. The van der Waals surface area contributed by atoms with Gasteiger partial charge >= 0.3 is 0 Å². The molecule has 2 rings (SSSR count). The largest absolute Gasteiger partial charge is 0.354 e. The van der Waals surface area contributed by atoms with Crippen molar-refractivity contribution in [3.05, 3.63) is 67.5 Å². The molecular formula is C15H14BrN3O4S. The van der Waals surface area contributed by atoms with Crippen molar-refractivity contribution in [1.82, 2.24) is 9.88 Å². The second kappa shape index (κ2) is 8.65. The van der Waals surface area contributed by atoms with Gasteiger partial charge in [-0.1, -0.05) is 15.9 Å². The Morgan fingerprint density at radius 1 is 1.25 bits per heavy atom. The van der Waals surface area contributed by atoms with Gasteiger partial charge in [0, 0.05) is 33.8 Å². The van der Waals surface area contributed by atoms with Crippen LogP contribution >= 0.6 is 27.7 Å². The highest BCUT2D eigenvalue weighted by atomic mass is 79.9. The summed E-state index contributed by atoms with van der Waals surface area (Å²) in [6, 6.07) is 10.0. The minimum Gasteiger partial charge on any atom is -0.354 e. The minimum atomic E-state index is -0.608. The molecule has 0 radical (unpaired) electrons. The summed E-state index contributed by atoms with van der Waals surface area (Å²) >= 11 is 4.95. The van der Waals surface area contributed by atoms with Crippen LogP contribution in [0.5, 0.6) is 0 Å². The summed E-state index contributed by atoms with van der Waals surface area (Å²) in [5, 5.41) is 13.4. The van der Waals surface area contributed by atoms with Crippen molar-refractivity contribution < 1.29 is 9.72 Å². The molecule has 0 bridgehead atoms. The Bertz CT molecular complexity index is 792. The Hall–Kier alpha value is -2.13. The van der Waals surface area contributed by atoms with E-state index in [4.69, 9.17) is 0 Å². The fraction of sp³-hybridized carbons (Fsp3) is 0.200. The fourth-order valence-electron chi connectivity index (χ4n) is 1.85. The number of hydrogen-bond donors (Lipinski definition) is 1. The second-order valence-electron chi connectivity index (χ2n) is 4.76. The van der Waals surface area contributed by atoms with Crippen LogP contribution in [0.1, 0.15) is 0 Å². The van der Waals surface area contributed by atoms with E-state index in [1.807, 2.05) is 24.3 Å². The van der Waals surface area contributed by atoms with Gasteiger partial charge in [-0.25, -0.2) is 0 Å². The molecule has 0 aliphatic heterocycles. The van der Waals surface area contributed by atoms with Crippen molar-refractivity contribution in [1.29, 1.82) is 0 Å². The first kappa shape index (κ1) is 18.2. The van der Waals surface area contributed by atoms with E-state index in [1.165, 1.54) is 0 Å². The van der Waals surface area contributed by atoms with E-state index < -0.39 is 10.5 Å². The van der Waals surface area contributed by atoms with Crippen LogP contribution in [0.4, 0.5) is 5.69 Å². The number of thioether (sulfide) groups is 1. The third-order valence-corrected chi connectivity index (χ3v) is 4.54. The molecule has 0 aliphatic rings. The van der Waals surface area contributed by atoms with Gasteiger partial charge < -0.3 is 5.32 Å². The van der Waals surface area contributed by atoms with Crippen LogP contribution in [-0.2, 0) is 11.3 Å². The van der Waals surface area contributed by atoms with E-state index >= 15 is 0 Å². The number of pyridine rings is 1. The number of amides is 1. The summed E-state index contributed by atoms with van der Waals surface area (Å²) in [6.45, 7) is 0.187. The average molecular weight is 412 g/mol. The molecule has 0 unspecified atom stereocenters. The molecule has 0 atom stereocenters. The van der Waals surface area contributed by atoms with Gasteiger partial charge in [-0.2, -0.15) is 0 Å². The predicted molar refractivity (Wildman–Crippen MR) is 95.2 cm³/mol. The van der Waals surface area contributed by atoms with Crippen LogP contribution in [0, 0.1) is 10.1 Å². The first-order valence-electron chi connectivity index (χ1n) is 6.95. The average Bonchev–Trinajstić information content (AvgIpc) is 2.55. The highest BCUT2D eigenvalue weighted by Crippen LogP contribution is 2.19. The number of aromatic nitrogens is 1. The van der Waals surface area contributed by atoms with Crippen LogP contribution in [0.3, 0.4) is 0 Å². The van der Waals surface area contributed by atoms with Gasteiger partial charge in [0.1, 0.15) is 6.54 Å². The van der Waals surface area contributed by atoms with E-state index in [9.17, 15) is 19.7 Å². The van der Waals surface area contributed by atoms with Crippen LogP contribution in [-0.4, -0.2) is 27.7 Å². The molecule has 2 aromatic rings. The topological polar surface area (TPSA) is 94.2 Å². The van der Waals surface area contributed by atoms with Crippen molar-refractivity contribution in [2.24, 2.45) is 0 Å². The number of hydrogen-bond acceptors (Lipinski definition) is 5. The molecule has 7 nitrogen and oxygen atoms in total. The minimum absolute atomic E-state index is 0.229. The molecule has 0 spiro atoms. The summed E-state index contributed by atoms with van der Waals surface area (Å²) < 4.78 is 2.03. The maximum Gasteiger partial charge on any atom is 0.285 e. The third kappa shape index (κ3) is 5.50. The van der Waals surface area contributed by atoms with E-state index in [-0.39, 0.29) is 18.1 Å². The van der Waals surface area contributed by atoms with Crippen LogP contribution in [0.15, 0.2) is 56.8 Å². The zero-order valence-corrected chi connectivity index (χ0v) is 14.9. The monoisotopic (exact) mass is 411 g/mol. The van der Waals surface area contributed by atoms with Crippen molar-refractivity contribution in [2.75, 3.05) is 12.3 Å². The summed E-state index contributed by atoms with van der Waals surface area (Å²) in [7, 11) is 0. The Morgan fingerprint density at radius 2 is 1.96 bits per heavy atom. The van der Waals surface area contributed by atoms with Gasteiger partial charge in [0.05, 0.1) is 11.1 Å². The smallest absolute Gasteiger partial charge is 0.285 e. The lowest BCUT2D eigenvalue weighted by molar-refractivity contribution is -0.385. The number of carbonyl (C=O) groups is 1. The molecule has 0 saturated carbocycles. The number of benzene rings is 1. The Kier molecular flexibility index (Phi) is 6.56. The molecule has 1 heterocycles. The van der Waals surface area contributed by atoms with Gasteiger partial charge in [-0.05, 0) is 24.3 Å². The van der Waals surface area contributed by atoms with Crippen LogP contribution in [0.2, 0.25) is 0 Å². The van der Waals surface area contributed by atoms with Gasteiger partial charge in [-0.15, -0.1) is 11.8 Å². The maximum absolute atomic E-state index is 11.8. The van der Waals surface area contributed by atoms with E-state index in [1.54, 1.807) is 11.8 Å². The van der Waals surface area contributed by atoms with Gasteiger partial charge in [0.2, 0.25) is 5.91 Å². The Morgan fingerprint density at radius 3 is 2.62 bits per heavy atom. The predicted octanol–water partition coefficient (Wildman–Crippen LogP) is 2.43. The first-order chi connectivity index (χ1) is 11.5. The number of carbonyl (C=O) groups excluding carboxylic acids is 1. The summed E-state index contributed by atoms with van der Waals surface area (Å²) in [4.78, 5) is 34.6. The van der Waals surface area contributed by atoms with Gasteiger partial charge in [-0.3, -0.25) is 24.3 Å². The zero-order valence-electron chi connectivity index (χ0n) is 12.5. The second-order valence-corrected chi connectivity index (χ2v) is 6.85. The summed E-state index contributed by atoms with van der Waals surface area (Å²) in [5.74, 6) is 0.311. The molecule has 126 valence electrons. The molecule has 1 aromatic carbocycles. The van der Waals surface area contributed by atoms with Gasteiger partial charge in [0.15, 0.2) is 0 Å². The normalized spacial score (nSPS) is 10.4. The number of nitro groups is 1. The highest BCUT2D eigenvalue weighted by molar-refractivity contribution is 9.10. The van der Waals surface area contributed by atoms with E-state index in [0.717, 1.165) is 32.3 Å². The molecule has 0 fully saturated rings. The Balaban J connectivity index is 1.81. The van der Waals surface area contributed by atoms with Crippen molar-refractivity contribution in [3.63, 3.8) is 0 Å². The van der Waals surface area contributed by atoms with E-state index in [0.29, 0.717) is 12.3 Å². The highest BCUT2D eigenvalue weighted by Gasteiger charge is 2.10. The maximum atomic E-state index is 11.8. The number of rotatable bonds is 7. The molecular weight excluding hydrogens is 398 g/mol. The van der Waals surface area contributed by atoms with Crippen molar-refractivity contribution in [2.45, 2.75) is 11.4 Å². The Labute approximate surface area is 150 Å². The molecule has 0 aliphatic carbocycles. The van der Waals surface area contributed by atoms with Crippen LogP contribution in [0.25, 0.3) is 0 Å². The van der Waals surface area contributed by atoms with Gasteiger partial charge in [0.25, 0.3) is 11.2 Å². The summed E-state index contributed by atoms with van der Waals surface area (Å²) in [6.07, 6.45) is 1.07. The number of nitrogens with zero attached hydrogens (tertiary/aromatic N) is 2. The first-order valence-corrected chi connectivity index (χ1v) is 8.73. The SMILES string of the molecule is O=C(Cn1cc([N+](=O)[O-])ccc1=O)NCCSc1ccc(Br)cc1. The molecule has 24 heavy (non-hydrogen) atoms. The summed E-state index contributed by atoms with van der Waals surface area (Å²) in [5.41, 5.74) is -0.687. The molecule has 1 amide bonds. The fourth-order valence-corrected chi connectivity index (χ4v) is 2.88. The zero-order chi connectivity index (χ0) is 17.5. The standard InChI is InChI=1S/C15H14BrN3O4S/c16-11-1-4-13(5-2-11)24-8-7-17-14(20)10-18-9-12(19(22)23)3-6-15(18)21/h1-6,9H,7-8,10H2,(H,17,20). The third-order valence-electron chi connectivity index (χ3n) is 3.00. The van der Waals surface area contributed by atoms with E-state index in [2.05, 4.69) is 21.2 Å². The lowest BCUT2D eigenvalue weighted by Crippen LogP contribution is -2.33. The lowest BCUT2D eigenvalue weighted by atomic mass is 10.4. The molecule has 0 saturated heterocycles. The van der Waals surface area contributed by atoms with Crippen molar-refractivity contribution in [3.8, 4) is 0 Å². The quantitative estimate of drug-likeness (QED) is 0.326. The number of halogens is 1. The van der Waals surface area contributed by atoms with Crippen molar-refractivity contribution >= 4 is 39.3 Å². The molecule has 1 N–H and O–H groups in total. The molecule has 1 aromatic heterocycles. The molecule has 9 heteroatoms. The lowest BCUT2D eigenvalue weighted by Gasteiger charge is -2.07. The van der Waals surface area contributed by atoms with Crippen LogP contribution < -0.4 is 10.9 Å².